The fourth-order valence-corrected chi connectivity index (χ4v) is 4.55. The third-order valence-corrected chi connectivity index (χ3v) is 6.30. The van der Waals surface area contributed by atoms with Crippen molar-refractivity contribution in [2.45, 2.75) is 56.3 Å². The van der Waals surface area contributed by atoms with Gasteiger partial charge in [-0.15, -0.1) is 0 Å². The fraction of sp³-hybridized carbons (Fsp3) is 0.524. The molecule has 0 radical (unpaired) electrons. The fourth-order valence-electron chi connectivity index (χ4n) is 3.31. The second kappa shape index (κ2) is 9.55. The molecule has 1 amide bonds. The number of hydrogen-bond acceptors (Lipinski definition) is 6. The molecule has 0 aliphatic carbocycles. The quantitative estimate of drug-likeness (QED) is 0.649. The number of likely N-dealkylation sites (tertiary alicyclic amines) is 1. The third kappa shape index (κ3) is 6.70. The normalized spacial score (nSPS) is 19.4. The standard InChI is InChI=1S/C21H27F3N4O5S/c1-20(2,3)33-19(29)28-9-16(26-34(30,31)18-11-27(4)13-25-18)17(10-28)32-12-14-5-7-15(8-6-14)21(22,23)24/h5-8,11,13,16-17,26H,9-10,12H2,1-4H3/t16-,17-/m1/s1. The Labute approximate surface area is 195 Å². The van der Waals surface area contributed by atoms with Gasteiger partial charge in [0, 0.05) is 19.8 Å². The first-order valence-corrected chi connectivity index (χ1v) is 11.9. The zero-order valence-electron chi connectivity index (χ0n) is 19.2. The summed E-state index contributed by atoms with van der Waals surface area (Å²) < 4.78 is 79.1. The number of rotatable bonds is 6. The van der Waals surface area contributed by atoms with E-state index in [4.69, 9.17) is 9.47 Å². The van der Waals surface area contributed by atoms with Crippen molar-refractivity contribution >= 4 is 16.1 Å². The SMILES string of the molecule is Cn1cnc(S(=O)(=O)N[C@@H]2CN(C(=O)OC(C)(C)C)C[C@H]2OCc2ccc(C(F)(F)F)cc2)c1. The highest BCUT2D eigenvalue weighted by Gasteiger charge is 2.40. The minimum absolute atomic E-state index is 0.0152. The van der Waals surface area contributed by atoms with E-state index in [2.05, 4.69) is 9.71 Å². The number of aryl methyl sites for hydroxylation is 1. The van der Waals surface area contributed by atoms with E-state index in [1.54, 1.807) is 27.8 Å². The predicted octanol–water partition coefficient (Wildman–Crippen LogP) is 2.92. The molecule has 0 saturated carbocycles. The summed E-state index contributed by atoms with van der Waals surface area (Å²) in [4.78, 5) is 17.7. The molecule has 1 aromatic heterocycles. The first-order valence-electron chi connectivity index (χ1n) is 10.4. The van der Waals surface area contributed by atoms with Crippen molar-refractivity contribution in [3.63, 3.8) is 0 Å². The lowest BCUT2D eigenvalue weighted by molar-refractivity contribution is -0.137. The number of ether oxygens (including phenoxy) is 2. The molecule has 2 atom stereocenters. The van der Waals surface area contributed by atoms with Crippen molar-refractivity contribution in [3.05, 3.63) is 47.9 Å². The van der Waals surface area contributed by atoms with Gasteiger partial charge in [-0.25, -0.2) is 22.9 Å². The van der Waals surface area contributed by atoms with Crippen molar-refractivity contribution in [2.24, 2.45) is 7.05 Å². The van der Waals surface area contributed by atoms with Crippen LogP contribution in [0.2, 0.25) is 0 Å². The molecule has 13 heteroatoms. The Bertz CT molecular complexity index is 1110. The first kappa shape index (κ1) is 26.0. The van der Waals surface area contributed by atoms with Gasteiger partial charge < -0.3 is 18.9 Å². The molecule has 0 spiro atoms. The number of carbonyl (C=O) groups is 1. The summed E-state index contributed by atoms with van der Waals surface area (Å²) in [5.74, 6) is 0. The van der Waals surface area contributed by atoms with Crippen LogP contribution in [0.15, 0.2) is 41.8 Å². The number of nitrogens with one attached hydrogen (secondary N) is 1. The van der Waals surface area contributed by atoms with E-state index in [0.717, 1.165) is 12.1 Å². The van der Waals surface area contributed by atoms with E-state index >= 15 is 0 Å². The molecule has 1 saturated heterocycles. The van der Waals surface area contributed by atoms with Crippen LogP contribution in [0, 0.1) is 0 Å². The zero-order valence-corrected chi connectivity index (χ0v) is 20.0. The summed E-state index contributed by atoms with van der Waals surface area (Å²) >= 11 is 0. The Balaban J connectivity index is 1.74. The number of nitrogens with zero attached hydrogens (tertiary/aromatic N) is 3. The second-order valence-corrected chi connectivity index (χ2v) is 10.7. The number of benzene rings is 1. The average Bonchev–Trinajstić information content (AvgIpc) is 3.31. The molecule has 1 aliphatic heterocycles. The van der Waals surface area contributed by atoms with E-state index in [1.807, 2.05) is 0 Å². The van der Waals surface area contributed by atoms with Crippen LogP contribution in [0.1, 0.15) is 31.9 Å². The summed E-state index contributed by atoms with van der Waals surface area (Å²) in [7, 11) is -2.38. The number of alkyl halides is 3. The molecule has 1 N–H and O–H groups in total. The Morgan fingerprint density at radius 2 is 1.82 bits per heavy atom. The van der Waals surface area contributed by atoms with Crippen LogP contribution >= 0.6 is 0 Å². The number of amides is 1. The number of hydrogen-bond donors (Lipinski definition) is 1. The molecule has 1 aliphatic rings. The van der Waals surface area contributed by atoms with Crippen LogP contribution in [0.25, 0.3) is 0 Å². The molecular weight excluding hydrogens is 477 g/mol. The van der Waals surface area contributed by atoms with E-state index in [1.165, 1.54) is 34.1 Å². The van der Waals surface area contributed by atoms with Crippen molar-refractivity contribution in [2.75, 3.05) is 13.1 Å². The summed E-state index contributed by atoms with van der Waals surface area (Å²) in [5.41, 5.74) is -1.07. The zero-order chi connectivity index (χ0) is 25.3. The monoisotopic (exact) mass is 504 g/mol. The van der Waals surface area contributed by atoms with E-state index < -0.39 is 45.6 Å². The first-order chi connectivity index (χ1) is 15.6. The van der Waals surface area contributed by atoms with Gasteiger partial charge in [0.2, 0.25) is 0 Å². The maximum absolute atomic E-state index is 12.8. The van der Waals surface area contributed by atoms with Crippen LogP contribution in [0.4, 0.5) is 18.0 Å². The van der Waals surface area contributed by atoms with E-state index in [0.29, 0.717) is 5.56 Å². The molecule has 34 heavy (non-hydrogen) atoms. The van der Waals surface area contributed by atoms with Crippen molar-refractivity contribution in [1.82, 2.24) is 19.2 Å². The number of halogens is 3. The topological polar surface area (TPSA) is 103 Å². The van der Waals surface area contributed by atoms with Gasteiger partial charge >= 0.3 is 12.3 Å². The minimum Gasteiger partial charge on any atom is -0.444 e. The van der Waals surface area contributed by atoms with Gasteiger partial charge in [-0.2, -0.15) is 13.2 Å². The van der Waals surface area contributed by atoms with Crippen LogP contribution in [-0.2, 0) is 39.3 Å². The van der Waals surface area contributed by atoms with Gasteiger partial charge in [-0.3, -0.25) is 0 Å². The highest BCUT2D eigenvalue weighted by atomic mass is 32.2. The van der Waals surface area contributed by atoms with Crippen LogP contribution < -0.4 is 4.72 Å². The maximum atomic E-state index is 12.8. The molecule has 2 heterocycles. The highest BCUT2D eigenvalue weighted by molar-refractivity contribution is 7.89. The van der Waals surface area contributed by atoms with E-state index in [-0.39, 0.29) is 24.7 Å². The lowest BCUT2D eigenvalue weighted by Gasteiger charge is -2.24. The highest BCUT2D eigenvalue weighted by Crippen LogP contribution is 2.29. The molecule has 0 unspecified atom stereocenters. The van der Waals surface area contributed by atoms with Crippen molar-refractivity contribution in [3.8, 4) is 0 Å². The van der Waals surface area contributed by atoms with Gasteiger partial charge in [0.05, 0.1) is 37.2 Å². The number of aromatic nitrogens is 2. The second-order valence-electron chi connectivity index (χ2n) is 9.03. The Morgan fingerprint density at radius 1 is 1.18 bits per heavy atom. The lowest BCUT2D eigenvalue weighted by atomic mass is 10.1. The number of carbonyl (C=O) groups excluding carboxylic acids is 1. The smallest absolute Gasteiger partial charge is 0.416 e. The molecular formula is C21H27F3N4O5S. The van der Waals surface area contributed by atoms with Gasteiger partial charge in [-0.05, 0) is 38.5 Å². The lowest BCUT2D eigenvalue weighted by Crippen LogP contribution is -2.44. The summed E-state index contributed by atoms with van der Waals surface area (Å²) in [6.07, 6.45) is -3.17. The molecule has 9 nitrogen and oxygen atoms in total. The van der Waals surface area contributed by atoms with Crippen LogP contribution in [0.3, 0.4) is 0 Å². The summed E-state index contributed by atoms with van der Waals surface area (Å²) in [6.45, 7) is 5.07. The molecule has 3 rings (SSSR count). The van der Waals surface area contributed by atoms with Gasteiger partial charge in [0.1, 0.15) is 5.60 Å². The number of sulfonamides is 1. The van der Waals surface area contributed by atoms with Gasteiger partial charge in [-0.1, -0.05) is 12.1 Å². The molecule has 0 bridgehead atoms. The van der Waals surface area contributed by atoms with Crippen molar-refractivity contribution < 1.29 is 35.9 Å². The predicted molar refractivity (Wildman–Crippen MR) is 115 cm³/mol. The Hall–Kier alpha value is -2.64. The van der Waals surface area contributed by atoms with Gasteiger partial charge in [0.25, 0.3) is 10.0 Å². The molecule has 1 fully saturated rings. The molecule has 2 aromatic rings. The van der Waals surface area contributed by atoms with E-state index in [9.17, 15) is 26.4 Å². The number of imidazole rings is 1. The van der Waals surface area contributed by atoms with Gasteiger partial charge in [0.15, 0.2) is 5.03 Å². The average molecular weight is 505 g/mol. The molecule has 188 valence electrons. The summed E-state index contributed by atoms with van der Waals surface area (Å²) in [5, 5.41) is -0.188. The van der Waals surface area contributed by atoms with Crippen molar-refractivity contribution in [1.29, 1.82) is 0 Å². The van der Waals surface area contributed by atoms with Crippen LogP contribution in [0.5, 0.6) is 0 Å². The third-order valence-electron chi connectivity index (χ3n) is 4.93. The Kier molecular flexibility index (Phi) is 7.29. The summed E-state index contributed by atoms with van der Waals surface area (Å²) in [6, 6.07) is 3.64. The van der Waals surface area contributed by atoms with Crippen LogP contribution in [-0.4, -0.2) is 59.8 Å². The molecule has 1 aromatic carbocycles. The minimum atomic E-state index is -4.45. The largest absolute Gasteiger partial charge is 0.444 e. The maximum Gasteiger partial charge on any atom is 0.416 e. The Morgan fingerprint density at radius 3 is 2.35 bits per heavy atom.